The number of benzene rings is 1. The number of aliphatic hydroxyl groups is 1. The number of aryl methyl sites for hydroxylation is 1. The molecule has 0 radical (unpaired) electrons. The number of amides is 1. The number of hydrogen-bond acceptors (Lipinski definition) is 3. The number of carbonyl (C=O) groups is 1. The van der Waals surface area contributed by atoms with Crippen LogP contribution in [0, 0.1) is 12.8 Å². The lowest BCUT2D eigenvalue weighted by molar-refractivity contribution is -0.130. The summed E-state index contributed by atoms with van der Waals surface area (Å²) >= 11 is 1.56. The maximum Gasteiger partial charge on any atom is 0.233 e. The highest BCUT2D eigenvalue weighted by molar-refractivity contribution is 8.00. The molecule has 4 heteroatoms. The van der Waals surface area contributed by atoms with Gasteiger partial charge in [-0.05, 0) is 31.4 Å². The van der Waals surface area contributed by atoms with Gasteiger partial charge in [0.05, 0.1) is 18.4 Å². The van der Waals surface area contributed by atoms with Crippen LogP contribution in [-0.2, 0) is 4.79 Å². The molecule has 0 aliphatic carbocycles. The quantitative estimate of drug-likeness (QED) is 0.860. The lowest BCUT2D eigenvalue weighted by atomic mass is 10.0. The molecule has 1 aliphatic heterocycles. The predicted molar refractivity (Wildman–Crippen MR) is 78.3 cm³/mol. The van der Waals surface area contributed by atoms with Crippen LogP contribution in [0.1, 0.15) is 18.9 Å². The molecule has 3 nitrogen and oxygen atoms in total. The van der Waals surface area contributed by atoms with E-state index in [1.54, 1.807) is 11.8 Å². The Kier molecular flexibility index (Phi) is 4.88. The highest BCUT2D eigenvalue weighted by Crippen LogP contribution is 2.25. The smallest absolute Gasteiger partial charge is 0.233 e. The second-order valence-corrected chi connectivity index (χ2v) is 6.25. The molecule has 104 valence electrons. The van der Waals surface area contributed by atoms with Gasteiger partial charge in [-0.2, -0.15) is 0 Å². The Hall–Kier alpha value is -1.00. The summed E-state index contributed by atoms with van der Waals surface area (Å²) in [4.78, 5) is 15.2. The number of carbonyl (C=O) groups excluding carboxylic acids is 1. The fourth-order valence-corrected chi connectivity index (χ4v) is 3.24. The molecule has 19 heavy (non-hydrogen) atoms. The third-order valence-corrected chi connectivity index (χ3v) is 4.77. The SMILES string of the molecule is Cc1ccc(SCC(=O)N2CCC(C)C2CO)cc1. The van der Waals surface area contributed by atoms with Crippen LogP contribution in [0.2, 0.25) is 0 Å². The first-order chi connectivity index (χ1) is 9.11. The van der Waals surface area contributed by atoms with Crippen molar-refractivity contribution in [3.05, 3.63) is 29.8 Å². The van der Waals surface area contributed by atoms with Crippen molar-refractivity contribution >= 4 is 17.7 Å². The zero-order valence-corrected chi connectivity index (χ0v) is 12.3. The summed E-state index contributed by atoms with van der Waals surface area (Å²) < 4.78 is 0. The summed E-state index contributed by atoms with van der Waals surface area (Å²) in [5.74, 6) is 0.985. The van der Waals surface area contributed by atoms with Gasteiger partial charge < -0.3 is 10.0 Å². The fraction of sp³-hybridized carbons (Fsp3) is 0.533. The number of hydrogen-bond donors (Lipinski definition) is 1. The molecule has 1 aromatic rings. The van der Waals surface area contributed by atoms with Crippen molar-refractivity contribution in [2.24, 2.45) is 5.92 Å². The third kappa shape index (κ3) is 3.51. The molecule has 1 saturated heterocycles. The van der Waals surface area contributed by atoms with Crippen molar-refractivity contribution < 1.29 is 9.90 Å². The molecule has 2 unspecified atom stereocenters. The predicted octanol–water partition coefficient (Wildman–Crippen LogP) is 2.32. The van der Waals surface area contributed by atoms with E-state index in [2.05, 4.69) is 26.0 Å². The minimum Gasteiger partial charge on any atom is -0.394 e. The first-order valence-corrected chi connectivity index (χ1v) is 7.70. The molecule has 0 bridgehead atoms. The van der Waals surface area contributed by atoms with Crippen LogP contribution in [0.15, 0.2) is 29.2 Å². The largest absolute Gasteiger partial charge is 0.394 e. The minimum absolute atomic E-state index is 0.00566. The molecule has 0 spiro atoms. The zero-order valence-electron chi connectivity index (χ0n) is 11.5. The molecule has 1 aliphatic rings. The highest BCUT2D eigenvalue weighted by atomic mass is 32.2. The highest BCUT2D eigenvalue weighted by Gasteiger charge is 2.33. The summed E-state index contributed by atoms with van der Waals surface area (Å²) in [5, 5.41) is 9.37. The van der Waals surface area contributed by atoms with E-state index in [1.165, 1.54) is 5.56 Å². The standard InChI is InChI=1S/C15H21NO2S/c1-11-3-5-13(6-4-11)19-10-15(18)16-8-7-12(2)14(16)9-17/h3-6,12,14,17H,7-10H2,1-2H3. The summed E-state index contributed by atoms with van der Waals surface area (Å²) in [7, 11) is 0. The number of nitrogens with zero attached hydrogens (tertiary/aromatic N) is 1. The van der Waals surface area contributed by atoms with Crippen LogP contribution in [0.5, 0.6) is 0 Å². The molecule has 0 aromatic heterocycles. The van der Waals surface area contributed by atoms with Gasteiger partial charge in [0.25, 0.3) is 0 Å². The first kappa shape index (κ1) is 14.4. The fourth-order valence-electron chi connectivity index (χ4n) is 2.46. The summed E-state index contributed by atoms with van der Waals surface area (Å²) in [5.41, 5.74) is 1.23. The molecule has 1 amide bonds. The normalized spacial score (nSPS) is 22.8. The van der Waals surface area contributed by atoms with Crippen molar-refractivity contribution in [2.45, 2.75) is 31.2 Å². The van der Waals surface area contributed by atoms with Crippen LogP contribution in [0.4, 0.5) is 0 Å². The van der Waals surface area contributed by atoms with Gasteiger partial charge in [-0.25, -0.2) is 0 Å². The van der Waals surface area contributed by atoms with Crippen LogP contribution < -0.4 is 0 Å². The average molecular weight is 279 g/mol. The summed E-state index contributed by atoms with van der Waals surface area (Å²) in [6, 6.07) is 8.21. The number of rotatable bonds is 4. The van der Waals surface area contributed by atoms with E-state index in [9.17, 15) is 9.90 Å². The monoisotopic (exact) mass is 279 g/mol. The van der Waals surface area contributed by atoms with Crippen LogP contribution >= 0.6 is 11.8 Å². The molecule has 0 saturated carbocycles. The topological polar surface area (TPSA) is 40.5 Å². The Morgan fingerprint density at radius 2 is 2.11 bits per heavy atom. The molecular weight excluding hydrogens is 258 g/mol. The lowest BCUT2D eigenvalue weighted by Crippen LogP contribution is -2.40. The Bertz CT molecular complexity index is 432. The van der Waals surface area contributed by atoms with E-state index in [4.69, 9.17) is 0 Å². The summed E-state index contributed by atoms with van der Waals surface area (Å²) in [6.07, 6.45) is 0.992. The van der Waals surface area contributed by atoms with Gasteiger partial charge in [0.15, 0.2) is 0 Å². The van der Waals surface area contributed by atoms with Crippen molar-refractivity contribution in [3.63, 3.8) is 0 Å². The number of likely N-dealkylation sites (tertiary alicyclic amines) is 1. The van der Waals surface area contributed by atoms with Crippen molar-refractivity contribution in [1.82, 2.24) is 4.90 Å². The van der Waals surface area contributed by atoms with E-state index < -0.39 is 0 Å². The molecule has 2 atom stereocenters. The van der Waals surface area contributed by atoms with E-state index in [0.717, 1.165) is 17.9 Å². The van der Waals surface area contributed by atoms with Crippen molar-refractivity contribution in [2.75, 3.05) is 18.9 Å². The molecule has 1 aromatic carbocycles. The Labute approximate surface area is 119 Å². The minimum atomic E-state index is 0.00566. The first-order valence-electron chi connectivity index (χ1n) is 6.71. The Morgan fingerprint density at radius 3 is 2.74 bits per heavy atom. The second-order valence-electron chi connectivity index (χ2n) is 5.20. The maximum atomic E-state index is 12.2. The van der Waals surface area contributed by atoms with Crippen molar-refractivity contribution in [3.8, 4) is 0 Å². The van der Waals surface area contributed by atoms with Crippen molar-refractivity contribution in [1.29, 1.82) is 0 Å². The Morgan fingerprint density at radius 1 is 1.42 bits per heavy atom. The zero-order chi connectivity index (χ0) is 13.8. The van der Waals surface area contributed by atoms with Crippen LogP contribution in [-0.4, -0.2) is 40.9 Å². The van der Waals surface area contributed by atoms with Gasteiger partial charge in [-0.1, -0.05) is 24.6 Å². The van der Waals surface area contributed by atoms with E-state index in [1.807, 2.05) is 17.0 Å². The van der Waals surface area contributed by atoms with Gasteiger partial charge in [0, 0.05) is 11.4 Å². The van der Waals surface area contributed by atoms with E-state index >= 15 is 0 Å². The van der Waals surface area contributed by atoms with Crippen LogP contribution in [0.3, 0.4) is 0 Å². The molecule has 1 fully saturated rings. The van der Waals surface area contributed by atoms with Gasteiger partial charge in [-0.3, -0.25) is 4.79 Å². The molecular formula is C15H21NO2S. The molecule has 1 N–H and O–H groups in total. The van der Waals surface area contributed by atoms with E-state index in [0.29, 0.717) is 11.7 Å². The molecule has 1 heterocycles. The van der Waals surface area contributed by atoms with Crippen LogP contribution in [0.25, 0.3) is 0 Å². The lowest BCUT2D eigenvalue weighted by Gasteiger charge is -2.25. The van der Waals surface area contributed by atoms with Gasteiger partial charge >= 0.3 is 0 Å². The Balaban J connectivity index is 1.89. The summed E-state index contributed by atoms with van der Waals surface area (Å²) in [6.45, 7) is 5.00. The average Bonchev–Trinajstić information content (AvgIpc) is 2.79. The third-order valence-electron chi connectivity index (χ3n) is 3.77. The van der Waals surface area contributed by atoms with E-state index in [-0.39, 0.29) is 18.6 Å². The maximum absolute atomic E-state index is 12.2. The number of thioether (sulfide) groups is 1. The molecule has 2 rings (SSSR count). The van der Waals surface area contributed by atoms with Gasteiger partial charge in [-0.15, -0.1) is 11.8 Å². The second kappa shape index (κ2) is 6.44. The van der Waals surface area contributed by atoms with Gasteiger partial charge in [0.2, 0.25) is 5.91 Å². The van der Waals surface area contributed by atoms with Gasteiger partial charge in [0.1, 0.15) is 0 Å². The number of aliphatic hydroxyl groups excluding tert-OH is 1.